The molecule has 0 amide bonds. The van der Waals surface area contributed by atoms with Gasteiger partial charge in [-0.3, -0.25) is 0 Å². The summed E-state index contributed by atoms with van der Waals surface area (Å²) in [6.07, 6.45) is 16.3. The minimum Gasteiger partial charge on any atom is -0.374 e. The second-order valence-corrected chi connectivity index (χ2v) is 9.99. The molecule has 22 heavy (non-hydrogen) atoms. The van der Waals surface area contributed by atoms with Crippen molar-refractivity contribution in [1.82, 2.24) is 0 Å². The van der Waals surface area contributed by atoms with Gasteiger partial charge in [0.1, 0.15) is 0 Å². The molecule has 1 heteroatoms. The Balaban J connectivity index is 1.47. The first-order valence-corrected chi connectivity index (χ1v) is 10.2. The lowest BCUT2D eigenvalue weighted by molar-refractivity contribution is -0.231. The van der Waals surface area contributed by atoms with Gasteiger partial charge in [-0.2, -0.15) is 0 Å². The fraction of sp³-hybridized carbons (Fsp3) is 1.00. The van der Waals surface area contributed by atoms with Gasteiger partial charge >= 0.3 is 0 Å². The van der Waals surface area contributed by atoms with Crippen LogP contribution in [-0.2, 0) is 4.74 Å². The maximum atomic E-state index is 6.26. The number of rotatable bonds is 0. The minimum atomic E-state index is 0.312. The zero-order valence-corrected chi connectivity index (χ0v) is 14.7. The van der Waals surface area contributed by atoms with Gasteiger partial charge in [0.2, 0.25) is 0 Å². The normalized spacial score (nSPS) is 60.3. The van der Waals surface area contributed by atoms with Crippen molar-refractivity contribution in [3.63, 3.8) is 0 Å². The average molecular weight is 303 g/mol. The monoisotopic (exact) mass is 302 g/mol. The van der Waals surface area contributed by atoms with Gasteiger partial charge in [-0.05, 0) is 85.9 Å². The first kappa shape index (κ1) is 14.3. The maximum Gasteiger partial charge on any atom is 0.0760 e. The summed E-state index contributed by atoms with van der Waals surface area (Å²) < 4.78 is 6.26. The second kappa shape index (κ2) is 4.52. The summed E-state index contributed by atoms with van der Waals surface area (Å²) in [5, 5.41) is 0. The smallest absolute Gasteiger partial charge is 0.0760 e. The van der Waals surface area contributed by atoms with Crippen molar-refractivity contribution in [1.29, 1.82) is 0 Å². The highest BCUT2D eigenvalue weighted by Crippen LogP contribution is 2.70. The molecule has 4 aliphatic carbocycles. The predicted molar refractivity (Wildman–Crippen MR) is 89.6 cm³/mol. The molecule has 4 saturated carbocycles. The summed E-state index contributed by atoms with van der Waals surface area (Å²) in [6.45, 7) is 6.35. The Hall–Kier alpha value is -0.0400. The Kier molecular flexibility index (Phi) is 2.94. The highest BCUT2D eigenvalue weighted by atomic mass is 16.5. The molecule has 0 aromatic rings. The fourth-order valence-electron chi connectivity index (χ4n) is 8.38. The molecule has 5 fully saturated rings. The Labute approximate surface area is 136 Å². The van der Waals surface area contributed by atoms with E-state index in [0.717, 1.165) is 30.3 Å². The van der Waals surface area contributed by atoms with E-state index in [2.05, 4.69) is 13.8 Å². The van der Waals surface area contributed by atoms with E-state index in [0.29, 0.717) is 16.4 Å². The van der Waals surface area contributed by atoms with Gasteiger partial charge in [0.05, 0.1) is 12.2 Å². The molecule has 0 N–H and O–H groups in total. The van der Waals surface area contributed by atoms with Crippen LogP contribution in [0.15, 0.2) is 0 Å². The molecule has 0 radical (unpaired) electrons. The van der Waals surface area contributed by atoms with Gasteiger partial charge < -0.3 is 4.74 Å². The van der Waals surface area contributed by atoms with Crippen LogP contribution in [0.2, 0.25) is 0 Å². The van der Waals surface area contributed by atoms with Gasteiger partial charge in [-0.25, -0.2) is 0 Å². The molecule has 5 aliphatic rings. The van der Waals surface area contributed by atoms with Crippen molar-refractivity contribution in [2.45, 2.75) is 90.1 Å². The summed E-state index contributed by atoms with van der Waals surface area (Å²) in [4.78, 5) is 0. The minimum absolute atomic E-state index is 0.312. The lowest BCUT2D eigenvalue weighted by atomic mass is 9.44. The third kappa shape index (κ3) is 1.55. The lowest BCUT2D eigenvalue weighted by Gasteiger charge is -2.63. The van der Waals surface area contributed by atoms with E-state index in [1.165, 1.54) is 64.2 Å². The lowest BCUT2D eigenvalue weighted by Crippen LogP contribution is -2.59. The number of ether oxygens (including phenoxy) is 1. The summed E-state index contributed by atoms with van der Waals surface area (Å²) in [6, 6.07) is 0. The van der Waals surface area contributed by atoms with E-state index >= 15 is 0 Å². The van der Waals surface area contributed by atoms with E-state index < -0.39 is 0 Å². The number of hydrogen-bond donors (Lipinski definition) is 0. The Bertz CT molecular complexity index is 465. The Morgan fingerprint density at radius 1 is 0.773 bits per heavy atom. The zero-order chi connectivity index (χ0) is 15.0. The van der Waals surface area contributed by atoms with E-state index in [4.69, 9.17) is 4.74 Å². The summed E-state index contributed by atoms with van der Waals surface area (Å²) in [5.41, 5.74) is 1.52. The molecular formula is C21H34O. The van der Waals surface area contributed by atoms with Crippen LogP contribution in [0.4, 0.5) is 0 Å². The highest BCUT2D eigenvalue weighted by Gasteiger charge is 2.66. The molecule has 7 atom stereocenters. The quantitative estimate of drug-likeness (QED) is 0.567. The van der Waals surface area contributed by atoms with Crippen LogP contribution in [0.3, 0.4) is 0 Å². The average Bonchev–Trinajstić information content (AvgIpc) is 2.79. The molecule has 0 bridgehead atoms. The molecule has 1 spiro atoms. The molecule has 4 unspecified atom stereocenters. The second-order valence-electron chi connectivity index (χ2n) is 9.99. The number of fused-ring (bicyclic) bond motifs is 6. The molecule has 1 nitrogen and oxygen atoms in total. The molecule has 124 valence electrons. The Morgan fingerprint density at radius 3 is 2.36 bits per heavy atom. The fourth-order valence-corrected chi connectivity index (χ4v) is 8.38. The third-order valence-corrected chi connectivity index (χ3v) is 9.76. The van der Waals surface area contributed by atoms with Gasteiger partial charge in [-0.15, -0.1) is 0 Å². The molecular weight excluding hydrogens is 268 g/mol. The van der Waals surface area contributed by atoms with Crippen molar-refractivity contribution in [2.75, 3.05) is 6.61 Å². The highest BCUT2D eigenvalue weighted by molar-refractivity contribution is 5.16. The van der Waals surface area contributed by atoms with Crippen LogP contribution in [-0.4, -0.2) is 12.2 Å². The van der Waals surface area contributed by atoms with Crippen LogP contribution < -0.4 is 0 Å². The van der Waals surface area contributed by atoms with Crippen LogP contribution in [0.1, 0.15) is 84.5 Å². The Morgan fingerprint density at radius 2 is 1.59 bits per heavy atom. The molecule has 1 aliphatic heterocycles. The van der Waals surface area contributed by atoms with Crippen LogP contribution in [0, 0.1) is 34.5 Å². The first-order chi connectivity index (χ1) is 10.6. The first-order valence-electron chi connectivity index (χ1n) is 10.2. The predicted octanol–water partition coefficient (Wildman–Crippen LogP) is 5.58. The topological polar surface area (TPSA) is 9.23 Å². The van der Waals surface area contributed by atoms with Crippen LogP contribution in [0.5, 0.6) is 0 Å². The van der Waals surface area contributed by atoms with Crippen molar-refractivity contribution in [3.05, 3.63) is 0 Å². The largest absolute Gasteiger partial charge is 0.374 e. The summed E-state index contributed by atoms with van der Waals surface area (Å²) in [7, 11) is 0. The van der Waals surface area contributed by atoms with Crippen molar-refractivity contribution >= 4 is 0 Å². The third-order valence-electron chi connectivity index (χ3n) is 9.76. The van der Waals surface area contributed by atoms with Crippen LogP contribution in [0.25, 0.3) is 0 Å². The van der Waals surface area contributed by atoms with Gasteiger partial charge in [0.25, 0.3) is 0 Å². The molecule has 1 heterocycles. The van der Waals surface area contributed by atoms with E-state index in [-0.39, 0.29) is 0 Å². The van der Waals surface area contributed by atoms with E-state index in [1.807, 2.05) is 0 Å². The molecule has 0 aromatic carbocycles. The van der Waals surface area contributed by atoms with Crippen LogP contribution >= 0.6 is 0 Å². The van der Waals surface area contributed by atoms with Crippen molar-refractivity contribution < 1.29 is 4.74 Å². The summed E-state index contributed by atoms with van der Waals surface area (Å²) >= 11 is 0. The zero-order valence-electron chi connectivity index (χ0n) is 14.7. The van der Waals surface area contributed by atoms with Crippen molar-refractivity contribution in [3.8, 4) is 0 Å². The molecule has 1 saturated heterocycles. The molecule has 0 aromatic heterocycles. The van der Waals surface area contributed by atoms with Gasteiger partial charge in [0.15, 0.2) is 0 Å². The van der Waals surface area contributed by atoms with Gasteiger partial charge in [0, 0.05) is 6.42 Å². The van der Waals surface area contributed by atoms with E-state index in [1.54, 1.807) is 6.42 Å². The summed E-state index contributed by atoms with van der Waals surface area (Å²) in [5.74, 6) is 4.11. The SMILES string of the molecule is C[C@]12CCCCC1CCC1C2CC[C@@]2(C)C1CC[C@]21CCO1. The van der Waals surface area contributed by atoms with Crippen molar-refractivity contribution in [2.24, 2.45) is 34.5 Å². The van der Waals surface area contributed by atoms with Gasteiger partial charge in [-0.1, -0.05) is 26.7 Å². The standard InChI is InChI=1S/C21H34O/c1-19-10-4-3-5-15(19)6-7-16-17(19)8-11-20(2)18(16)9-12-21(20)13-14-22-21/h15-18H,3-14H2,1-2H3/t15?,16?,17?,18?,19-,20-,21-/m0/s1. The molecule has 5 rings (SSSR count). The number of hydrogen-bond acceptors (Lipinski definition) is 1. The van der Waals surface area contributed by atoms with E-state index in [9.17, 15) is 0 Å². The maximum absolute atomic E-state index is 6.26.